The van der Waals surface area contributed by atoms with Crippen molar-refractivity contribution in [2.45, 2.75) is 51.2 Å². The number of unbranched alkanes of at least 4 members (excludes halogenated alkanes) is 3. The van der Waals surface area contributed by atoms with Gasteiger partial charge in [0.25, 0.3) is 0 Å². The van der Waals surface area contributed by atoms with E-state index in [4.69, 9.17) is 4.74 Å². The zero-order valence-electron chi connectivity index (χ0n) is 7.38. The van der Waals surface area contributed by atoms with E-state index in [0.29, 0.717) is 12.2 Å². The Morgan fingerprint density at radius 3 is 2.73 bits per heavy atom. The Balaban J connectivity index is 1.85. The largest absolute Gasteiger partial charge is 0.365 e. The molecule has 0 aromatic rings. The van der Waals surface area contributed by atoms with Crippen LogP contribution in [-0.4, -0.2) is 12.2 Å². The number of epoxide rings is 1. The highest BCUT2D eigenvalue weighted by Gasteiger charge is 2.34. The van der Waals surface area contributed by atoms with E-state index in [-0.39, 0.29) is 0 Å². The van der Waals surface area contributed by atoms with E-state index in [1.165, 1.54) is 32.1 Å². The Labute approximate surface area is 69.4 Å². The molecule has 1 heteroatoms. The van der Waals surface area contributed by atoms with Gasteiger partial charge in [-0.05, 0) is 6.42 Å². The van der Waals surface area contributed by atoms with E-state index in [9.17, 15) is 0 Å². The molecule has 0 unspecified atom stereocenters. The summed E-state index contributed by atoms with van der Waals surface area (Å²) in [6.45, 7) is 5.93. The van der Waals surface area contributed by atoms with Crippen molar-refractivity contribution in [3.8, 4) is 0 Å². The molecule has 0 N–H and O–H groups in total. The molecule has 1 rings (SSSR count). The molecule has 0 amide bonds. The highest BCUT2D eigenvalue weighted by atomic mass is 16.6. The van der Waals surface area contributed by atoms with Crippen LogP contribution in [0.25, 0.3) is 0 Å². The van der Waals surface area contributed by atoms with Crippen LogP contribution in [0.3, 0.4) is 0 Å². The van der Waals surface area contributed by atoms with E-state index in [1.807, 2.05) is 6.08 Å². The summed E-state index contributed by atoms with van der Waals surface area (Å²) >= 11 is 0. The first kappa shape index (κ1) is 8.79. The van der Waals surface area contributed by atoms with Gasteiger partial charge in [0.2, 0.25) is 0 Å². The molecule has 1 saturated heterocycles. The van der Waals surface area contributed by atoms with Crippen molar-refractivity contribution in [3.63, 3.8) is 0 Å². The van der Waals surface area contributed by atoms with Crippen LogP contribution in [-0.2, 0) is 4.74 Å². The minimum absolute atomic E-state index is 0.386. The maximum absolute atomic E-state index is 5.33. The Hall–Kier alpha value is -0.300. The standard InChI is InChI=1S/C10H18O/c1-3-5-6-7-8-10-9(4-2)11-10/h4,9-10H,2-3,5-8H2,1H3/t9-,10-/m1/s1. The second-order valence-corrected chi connectivity index (χ2v) is 3.22. The smallest absolute Gasteiger partial charge is 0.102 e. The average Bonchev–Trinajstić information content (AvgIpc) is 2.77. The zero-order chi connectivity index (χ0) is 8.10. The lowest BCUT2D eigenvalue weighted by molar-refractivity contribution is 0.373. The summed E-state index contributed by atoms with van der Waals surface area (Å²) in [5.74, 6) is 0. The Kier molecular flexibility index (Phi) is 3.64. The molecule has 64 valence electrons. The lowest BCUT2D eigenvalue weighted by Gasteiger charge is -1.94. The van der Waals surface area contributed by atoms with Crippen LogP contribution in [0.15, 0.2) is 12.7 Å². The van der Waals surface area contributed by atoms with Crippen molar-refractivity contribution in [1.29, 1.82) is 0 Å². The van der Waals surface area contributed by atoms with Crippen LogP contribution in [0, 0.1) is 0 Å². The molecule has 1 fully saturated rings. The monoisotopic (exact) mass is 154 g/mol. The van der Waals surface area contributed by atoms with Gasteiger partial charge in [-0.1, -0.05) is 38.7 Å². The van der Waals surface area contributed by atoms with E-state index in [1.54, 1.807) is 0 Å². The summed E-state index contributed by atoms with van der Waals surface area (Å²) < 4.78 is 5.33. The second kappa shape index (κ2) is 4.55. The molecule has 0 spiro atoms. The van der Waals surface area contributed by atoms with Crippen molar-refractivity contribution in [2.24, 2.45) is 0 Å². The maximum atomic E-state index is 5.33. The van der Waals surface area contributed by atoms with Crippen molar-refractivity contribution < 1.29 is 4.74 Å². The first-order chi connectivity index (χ1) is 5.38. The van der Waals surface area contributed by atoms with E-state index in [0.717, 1.165) is 0 Å². The second-order valence-electron chi connectivity index (χ2n) is 3.22. The molecule has 0 aromatic carbocycles. The normalized spacial score (nSPS) is 28.5. The van der Waals surface area contributed by atoms with Gasteiger partial charge in [0.05, 0.1) is 6.10 Å². The molecule has 1 heterocycles. The lowest BCUT2D eigenvalue weighted by atomic mass is 10.1. The van der Waals surface area contributed by atoms with Crippen LogP contribution in [0.5, 0.6) is 0 Å². The van der Waals surface area contributed by atoms with Gasteiger partial charge in [-0.2, -0.15) is 0 Å². The summed E-state index contributed by atoms with van der Waals surface area (Å²) in [6, 6.07) is 0. The third-order valence-electron chi connectivity index (χ3n) is 2.20. The van der Waals surface area contributed by atoms with Gasteiger partial charge in [0.1, 0.15) is 6.10 Å². The minimum Gasteiger partial charge on any atom is -0.365 e. The molecule has 2 atom stereocenters. The summed E-state index contributed by atoms with van der Waals surface area (Å²) in [5.41, 5.74) is 0. The van der Waals surface area contributed by atoms with Gasteiger partial charge in [-0.3, -0.25) is 0 Å². The fourth-order valence-corrected chi connectivity index (χ4v) is 1.37. The number of ether oxygens (including phenoxy) is 1. The average molecular weight is 154 g/mol. The van der Waals surface area contributed by atoms with E-state index in [2.05, 4.69) is 13.5 Å². The van der Waals surface area contributed by atoms with Crippen LogP contribution < -0.4 is 0 Å². The van der Waals surface area contributed by atoms with E-state index < -0.39 is 0 Å². The van der Waals surface area contributed by atoms with Crippen molar-refractivity contribution in [2.75, 3.05) is 0 Å². The Morgan fingerprint density at radius 2 is 2.18 bits per heavy atom. The SMILES string of the molecule is C=C[C@H]1O[C@@H]1CCCCCC. The van der Waals surface area contributed by atoms with Gasteiger partial charge < -0.3 is 4.74 Å². The predicted molar refractivity (Wildman–Crippen MR) is 47.6 cm³/mol. The van der Waals surface area contributed by atoms with E-state index >= 15 is 0 Å². The molecule has 0 aromatic heterocycles. The van der Waals surface area contributed by atoms with Crippen LogP contribution in [0.2, 0.25) is 0 Å². The molecule has 11 heavy (non-hydrogen) atoms. The number of rotatable bonds is 6. The molecular weight excluding hydrogens is 136 g/mol. The van der Waals surface area contributed by atoms with Crippen molar-refractivity contribution in [3.05, 3.63) is 12.7 Å². The third-order valence-corrected chi connectivity index (χ3v) is 2.20. The highest BCUT2D eigenvalue weighted by molar-refractivity contribution is 4.97. The van der Waals surface area contributed by atoms with Gasteiger partial charge in [-0.15, -0.1) is 6.58 Å². The van der Waals surface area contributed by atoms with Crippen molar-refractivity contribution >= 4 is 0 Å². The fraction of sp³-hybridized carbons (Fsp3) is 0.800. The van der Waals surface area contributed by atoms with Crippen molar-refractivity contribution in [1.82, 2.24) is 0 Å². The van der Waals surface area contributed by atoms with Crippen LogP contribution in [0.4, 0.5) is 0 Å². The number of hydrogen-bond acceptors (Lipinski definition) is 1. The summed E-state index contributed by atoms with van der Waals surface area (Å²) in [6.07, 6.45) is 9.41. The first-order valence-corrected chi connectivity index (χ1v) is 4.66. The highest BCUT2D eigenvalue weighted by Crippen LogP contribution is 2.27. The molecule has 1 nitrogen and oxygen atoms in total. The molecule has 1 aliphatic rings. The molecule has 0 bridgehead atoms. The Morgan fingerprint density at radius 1 is 1.36 bits per heavy atom. The maximum Gasteiger partial charge on any atom is 0.102 e. The van der Waals surface area contributed by atoms with Crippen LogP contribution in [0.1, 0.15) is 39.0 Å². The number of hydrogen-bond donors (Lipinski definition) is 0. The quantitative estimate of drug-likeness (QED) is 0.325. The lowest BCUT2D eigenvalue weighted by Crippen LogP contribution is -1.89. The zero-order valence-corrected chi connectivity index (χ0v) is 7.38. The molecular formula is C10H18O. The molecule has 0 radical (unpaired) electrons. The topological polar surface area (TPSA) is 12.5 Å². The van der Waals surface area contributed by atoms with Gasteiger partial charge in [-0.25, -0.2) is 0 Å². The molecule has 1 aliphatic heterocycles. The molecule has 0 saturated carbocycles. The summed E-state index contributed by atoms with van der Waals surface area (Å²) in [7, 11) is 0. The predicted octanol–water partition coefficient (Wildman–Crippen LogP) is 2.91. The summed E-state index contributed by atoms with van der Waals surface area (Å²) in [5, 5.41) is 0. The van der Waals surface area contributed by atoms with Gasteiger partial charge in [0.15, 0.2) is 0 Å². The first-order valence-electron chi connectivity index (χ1n) is 4.66. The molecule has 0 aliphatic carbocycles. The van der Waals surface area contributed by atoms with Gasteiger partial charge in [0, 0.05) is 0 Å². The minimum atomic E-state index is 0.386. The van der Waals surface area contributed by atoms with Gasteiger partial charge >= 0.3 is 0 Å². The third kappa shape index (κ3) is 3.06. The summed E-state index contributed by atoms with van der Waals surface area (Å²) in [4.78, 5) is 0. The Bertz CT molecular complexity index is 120. The van der Waals surface area contributed by atoms with Crippen LogP contribution >= 0.6 is 0 Å². The fourth-order valence-electron chi connectivity index (χ4n) is 1.37.